The van der Waals surface area contributed by atoms with Crippen molar-refractivity contribution in [1.82, 2.24) is 19.6 Å². The van der Waals surface area contributed by atoms with Crippen LogP contribution in [0, 0.1) is 93.0 Å². The molecule has 2 fully saturated rings. The molecule has 0 spiro atoms. The summed E-state index contributed by atoms with van der Waals surface area (Å²) in [5.41, 5.74) is 5.03. The van der Waals surface area contributed by atoms with Crippen molar-refractivity contribution in [1.29, 1.82) is 0 Å². The number of amides is 2. The van der Waals surface area contributed by atoms with Gasteiger partial charge in [0.2, 0.25) is 0 Å². The summed E-state index contributed by atoms with van der Waals surface area (Å²) >= 11 is 11.0. The summed E-state index contributed by atoms with van der Waals surface area (Å²) in [7, 11) is 0. The summed E-state index contributed by atoms with van der Waals surface area (Å²) in [5.74, 6) is -1.12. The smallest absolute Gasteiger partial charge is 0.269 e. The minimum Gasteiger partial charge on any atom is -0.302 e. The zero-order valence-corrected chi connectivity index (χ0v) is 55.7. The molecule has 0 unspecified atom stereocenters. The first-order chi connectivity index (χ1) is 48.8. The second-order valence-corrected chi connectivity index (χ2v) is 23.8. The fourth-order valence-corrected chi connectivity index (χ4v) is 11.5. The summed E-state index contributed by atoms with van der Waals surface area (Å²) in [5, 5.41) is 51.1. The van der Waals surface area contributed by atoms with Crippen molar-refractivity contribution in [3.8, 4) is 0 Å². The quantitative estimate of drug-likeness (QED) is 0.0303. The van der Waals surface area contributed by atoms with E-state index in [1.807, 2.05) is 48.5 Å². The third kappa shape index (κ3) is 22.5. The highest BCUT2D eigenvalue weighted by Crippen LogP contribution is 2.28. The molecule has 102 heavy (non-hydrogen) atoms. The lowest BCUT2D eigenvalue weighted by molar-refractivity contribution is -0.389. The largest absolute Gasteiger partial charge is 0.302 e. The number of likely N-dealkylation sites (tertiary alicyclic amines) is 2. The number of nitrogens with zero attached hydrogens (tertiary/aromatic N) is 11. The van der Waals surface area contributed by atoms with Gasteiger partial charge in [0, 0.05) is 134 Å². The van der Waals surface area contributed by atoms with Crippen molar-refractivity contribution < 1.29 is 57.0 Å². The Morgan fingerprint density at radius 2 is 0.657 bits per heavy atom. The number of halogens is 3. The van der Waals surface area contributed by atoms with Crippen molar-refractivity contribution in [2.24, 2.45) is 11.8 Å². The van der Waals surface area contributed by atoms with E-state index in [9.17, 15) is 82.9 Å². The van der Waals surface area contributed by atoms with Crippen LogP contribution in [0.3, 0.4) is 0 Å². The van der Waals surface area contributed by atoms with Crippen LogP contribution in [0.2, 0.25) is 0 Å². The average molecular weight is 1420 g/mol. The van der Waals surface area contributed by atoms with E-state index in [2.05, 4.69) is 19.5 Å². The van der Waals surface area contributed by atoms with Crippen LogP contribution in [0.15, 0.2) is 194 Å². The molecule has 4 aliphatic heterocycles. The number of nitro groups is 5. The molecule has 8 aromatic rings. The van der Waals surface area contributed by atoms with Gasteiger partial charge in [0.05, 0.1) is 47.7 Å². The number of piperidine rings is 2. The van der Waals surface area contributed by atoms with Crippen LogP contribution < -0.4 is 0 Å². The molecule has 0 radical (unpaired) electrons. The third-order valence-electron chi connectivity index (χ3n) is 16.4. The molecule has 0 bridgehead atoms. The lowest BCUT2D eigenvalue weighted by Gasteiger charge is -2.34. The molecule has 4 heterocycles. The fraction of sp³-hybridized carbons (Fsp3) is 0.222. The molecule has 522 valence electrons. The Labute approximate surface area is 592 Å². The molecule has 8 aromatic carbocycles. The number of nitro benzene ring substituents is 5. The first-order valence-electron chi connectivity index (χ1n) is 31.3. The number of carbonyl (C=O) groups is 4. The number of non-ortho nitro benzene ring substituents is 5. The second-order valence-electron chi connectivity index (χ2n) is 22.9. The predicted octanol–water partition coefficient (Wildman–Crippen LogP) is 15.0. The third-order valence-corrected chi connectivity index (χ3v) is 17.1. The van der Waals surface area contributed by atoms with Gasteiger partial charge >= 0.3 is 0 Å². The number of Topliss-reactive ketones (excluding diaryl/α,β-unsaturated/α-hetero) is 2. The lowest BCUT2D eigenvalue weighted by atomic mass is 9.89. The molecule has 0 saturated carbocycles. The molecule has 4 aliphatic rings. The van der Waals surface area contributed by atoms with Gasteiger partial charge in [0.15, 0.2) is 22.9 Å². The van der Waals surface area contributed by atoms with E-state index in [0.29, 0.717) is 65.0 Å². The van der Waals surface area contributed by atoms with Crippen LogP contribution in [-0.2, 0) is 12.8 Å². The average Bonchev–Trinajstić information content (AvgIpc) is 0.801. The van der Waals surface area contributed by atoms with Crippen LogP contribution in [0.25, 0.3) is 9.69 Å². The van der Waals surface area contributed by atoms with E-state index >= 15 is 0 Å². The number of hydrogen-bond acceptors (Lipinski definition) is 18. The number of fused-ring (bicyclic) bond motifs is 2. The number of hydrogen-bond donors (Lipinski definition) is 0. The topological polar surface area (TPSA) is 306 Å². The van der Waals surface area contributed by atoms with Gasteiger partial charge < -0.3 is 19.6 Å². The van der Waals surface area contributed by atoms with E-state index in [0.717, 1.165) is 129 Å². The van der Waals surface area contributed by atoms with Gasteiger partial charge in [-0.2, -0.15) is 0 Å². The summed E-state index contributed by atoms with van der Waals surface area (Å²) in [4.78, 5) is 115. The Morgan fingerprint density at radius 3 is 0.971 bits per heavy atom. The van der Waals surface area contributed by atoms with Gasteiger partial charge in [-0.25, -0.2) is 22.9 Å². The molecular formula is C72H62F3N11O14S2. The number of carbonyl (C=O) groups excluding carboxylic acids is 4. The summed E-state index contributed by atoms with van der Waals surface area (Å²) in [6.45, 7) is 18.8. The SMILES string of the molecule is O=C(c1ccc([18F])cc1)C1CCN(CCN2C(=O)c3ccccc3CC2=S)CC1.O=C(c1ccc([N+](=O)[O-])cc1)C1CCN(CCN2C(=O)c3ccccc3CC2=S)CC1.O=[N+]([O-])c1ccc([18F])cc1.O=[N+]([O-])c1ccc([N+](=O)[O-])cc1.[C-]#[N+]c1ccc([18F])cc1.[C-]#[N+]c1ccc([N+](=O)[O-])cc1. The number of rotatable bonds is 15. The zero-order chi connectivity index (χ0) is 74.0. The van der Waals surface area contributed by atoms with Crippen molar-refractivity contribution in [2.45, 2.75) is 38.5 Å². The van der Waals surface area contributed by atoms with Gasteiger partial charge in [-0.3, -0.25) is 69.7 Å². The van der Waals surface area contributed by atoms with Gasteiger partial charge in [-0.1, -0.05) is 73.0 Å². The normalized spacial score (nSPS) is 14.1. The van der Waals surface area contributed by atoms with Gasteiger partial charge in [-0.05, 0) is 148 Å². The maximum atomic E-state index is 13.1. The zero-order valence-electron chi connectivity index (χ0n) is 54.1. The Balaban J connectivity index is 0.000000186. The first kappa shape index (κ1) is 77.3. The number of benzene rings is 8. The van der Waals surface area contributed by atoms with Crippen molar-refractivity contribution in [3.63, 3.8) is 0 Å². The molecule has 0 N–H and O–H groups in total. The fourth-order valence-electron chi connectivity index (χ4n) is 10.8. The molecule has 25 nitrogen and oxygen atoms in total. The van der Waals surface area contributed by atoms with E-state index in [1.165, 1.54) is 84.9 Å². The second kappa shape index (κ2) is 37.8. The van der Waals surface area contributed by atoms with Crippen LogP contribution in [0.5, 0.6) is 0 Å². The predicted molar refractivity (Wildman–Crippen MR) is 379 cm³/mol. The van der Waals surface area contributed by atoms with Crippen molar-refractivity contribution >= 4 is 97.6 Å². The van der Waals surface area contributed by atoms with E-state index in [1.54, 1.807) is 21.9 Å². The number of thiocarbonyl (C=S) groups is 2. The maximum absolute atomic E-state index is 13.1. The van der Waals surface area contributed by atoms with E-state index < -0.39 is 30.4 Å². The molecule has 2 saturated heterocycles. The van der Waals surface area contributed by atoms with Crippen LogP contribution in [0.1, 0.15) is 78.2 Å². The highest BCUT2D eigenvalue weighted by molar-refractivity contribution is 7.80. The molecule has 0 aromatic heterocycles. The lowest BCUT2D eigenvalue weighted by Crippen LogP contribution is -2.46. The Hall–Kier alpha value is -12.1. The maximum Gasteiger partial charge on any atom is 0.269 e. The molecule has 12 rings (SSSR count). The van der Waals surface area contributed by atoms with Crippen molar-refractivity contribution in [2.75, 3.05) is 52.4 Å². The molecule has 2 amide bonds. The molecule has 30 heteroatoms. The summed E-state index contributed by atoms with van der Waals surface area (Å²) in [6.07, 6.45) is 4.26. The monoisotopic (exact) mass is 1420 g/mol. The highest BCUT2D eigenvalue weighted by atomic mass is 32.1. The standard InChI is InChI=1S/C23H23FN2O2S.C23H23N3O4S.C7H4FN.C7H4N2O2.C6H4FNO2.C6H4N2O4/c24-19-7-5-16(6-8-19)22(27)17-9-11-25(12-10-17)13-14-26-21(29)15-18-3-1-2-4-20(18)23(26)28;27-22(16-5-7-19(8-6-16)26(29)30)17-9-11-24(12-10-17)13-14-25-21(31)15-18-3-1-2-4-20(18)23(25)28;1-9-7-4-2-6(8)3-5-7;1-8-6-2-4-7(5-3-6)9(10)11;7-5-1-3-6(4-2-5)8(9)10;9-7(10)5-1-2-6(4-3-5)8(11)12/h1-8,17H,9-15H2;1-8,17H,9-15H2;2-5H;2-5H;1-4H;1-4H/i24-1;;8-1;;7-1;. The molecule has 0 atom stereocenters. The van der Waals surface area contributed by atoms with E-state index in [4.69, 9.17) is 37.6 Å². The Kier molecular flexibility index (Phi) is 28.6. The summed E-state index contributed by atoms with van der Waals surface area (Å²) < 4.78 is 37.3. The van der Waals surface area contributed by atoms with Gasteiger partial charge in [0.1, 0.15) is 17.5 Å². The van der Waals surface area contributed by atoms with E-state index in [-0.39, 0.29) is 75.3 Å². The van der Waals surface area contributed by atoms with Crippen molar-refractivity contribution in [3.05, 3.63) is 318 Å². The van der Waals surface area contributed by atoms with Crippen LogP contribution in [-0.4, -0.2) is 130 Å². The first-order valence-corrected chi connectivity index (χ1v) is 32.1. The summed E-state index contributed by atoms with van der Waals surface area (Å²) in [6, 6.07) is 46.5. The molecular weight excluding hydrogens is 1360 g/mol. The minimum absolute atomic E-state index is 0.0115. The van der Waals surface area contributed by atoms with Gasteiger partial charge in [-0.15, -0.1) is 0 Å². The Morgan fingerprint density at radius 1 is 0.402 bits per heavy atom. The minimum atomic E-state index is -0.607. The Bertz CT molecular complexity index is 4420. The van der Waals surface area contributed by atoms with Crippen LogP contribution in [0.4, 0.5) is 53.0 Å². The number of ketones is 2. The van der Waals surface area contributed by atoms with Crippen LogP contribution >= 0.6 is 24.4 Å². The van der Waals surface area contributed by atoms with Gasteiger partial charge in [0.25, 0.3) is 40.3 Å². The molecule has 0 aliphatic carbocycles. The highest BCUT2D eigenvalue weighted by Gasteiger charge is 2.32.